The number of methoxy groups -OCH3 is 1. The summed E-state index contributed by atoms with van der Waals surface area (Å²) in [5.74, 6) is 3.51. The Bertz CT molecular complexity index is 753. The summed E-state index contributed by atoms with van der Waals surface area (Å²) >= 11 is 1.71. The van der Waals surface area contributed by atoms with Crippen molar-refractivity contribution < 1.29 is 9.15 Å². The lowest BCUT2D eigenvalue weighted by Gasteiger charge is -2.09. The topological polar surface area (TPSA) is 53.1 Å². The second kappa shape index (κ2) is 7.37. The molecule has 0 amide bonds. The van der Waals surface area contributed by atoms with Crippen molar-refractivity contribution >= 4 is 11.8 Å². The second-order valence-electron chi connectivity index (χ2n) is 5.05. The van der Waals surface area contributed by atoms with E-state index in [1.807, 2.05) is 36.4 Å². The highest BCUT2D eigenvalue weighted by Crippen LogP contribution is 2.27. The van der Waals surface area contributed by atoms with E-state index in [-0.39, 0.29) is 0 Å². The van der Waals surface area contributed by atoms with E-state index in [1.165, 1.54) is 0 Å². The summed E-state index contributed by atoms with van der Waals surface area (Å²) in [5.41, 5.74) is 0.978. The number of hydrogen-bond acceptors (Lipinski definition) is 5. The Labute approximate surface area is 139 Å². The van der Waals surface area contributed by atoms with Gasteiger partial charge in [-0.25, -0.2) is 0 Å². The van der Waals surface area contributed by atoms with Gasteiger partial charge in [0, 0.05) is 11.3 Å². The molecule has 0 bridgehead atoms. The molecule has 5 nitrogen and oxygen atoms in total. The first-order chi connectivity index (χ1) is 11.3. The zero-order chi connectivity index (χ0) is 16.1. The van der Waals surface area contributed by atoms with E-state index >= 15 is 0 Å². The van der Waals surface area contributed by atoms with Crippen LogP contribution in [-0.2, 0) is 6.54 Å². The Morgan fingerprint density at radius 2 is 2.13 bits per heavy atom. The number of hydrogen-bond donors (Lipinski definition) is 0. The smallest absolute Gasteiger partial charge is 0.191 e. The molecule has 2 heterocycles. The summed E-state index contributed by atoms with van der Waals surface area (Å²) in [7, 11) is 1.66. The number of thioether (sulfide) groups is 1. The van der Waals surface area contributed by atoms with Gasteiger partial charge < -0.3 is 9.15 Å². The van der Waals surface area contributed by atoms with Gasteiger partial charge in [-0.05, 0) is 30.7 Å². The number of benzene rings is 1. The lowest BCUT2D eigenvalue weighted by molar-refractivity contribution is 0.415. The maximum absolute atomic E-state index is 5.49. The summed E-state index contributed by atoms with van der Waals surface area (Å²) in [5, 5.41) is 9.65. The molecule has 1 aromatic carbocycles. The van der Waals surface area contributed by atoms with Gasteiger partial charge in [-0.3, -0.25) is 4.57 Å². The lowest BCUT2D eigenvalue weighted by Crippen LogP contribution is -2.03. The first-order valence-corrected chi connectivity index (χ1v) is 8.53. The van der Waals surface area contributed by atoms with Crippen LogP contribution in [-0.4, -0.2) is 27.6 Å². The first kappa shape index (κ1) is 15.7. The Hall–Kier alpha value is -2.21. The van der Waals surface area contributed by atoms with Crippen LogP contribution in [0.2, 0.25) is 0 Å². The van der Waals surface area contributed by atoms with E-state index in [1.54, 1.807) is 25.1 Å². The number of nitrogens with zero attached hydrogens (tertiary/aromatic N) is 3. The molecule has 3 rings (SSSR count). The summed E-state index contributed by atoms with van der Waals surface area (Å²) in [6.07, 6.45) is 2.77. The van der Waals surface area contributed by atoms with E-state index in [9.17, 15) is 0 Å². The first-order valence-electron chi connectivity index (χ1n) is 7.54. The monoisotopic (exact) mass is 329 g/mol. The standard InChI is InChI=1S/C17H19N3O2S/c1-3-10-23-17-19-18-16(13-6-4-7-14(11-13)21-2)20(17)12-15-8-5-9-22-15/h4-9,11H,3,10,12H2,1-2H3. The quantitative estimate of drug-likeness (QED) is 0.611. The van der Waals surface area contributed by atoms with E-state index in [4.69, 9.17) is 9.15 Å². The third-order valence-corrected chi connectivity index (χ3v) is 4.55. The Kier molecular flexibility index (Phi) is 5.02. The zero-order valence-electron chi connectivity index (χ0n) is 13.2. The molecule has 2 aromatic heterocycles. The maximum Gasteiger partial charge on any atom is 0.191 e. The van der Waals surface area contributed by atoms with Gasteiger partial charge in [0.1, 0.15) is 11.5 Å². The van der Waals surface area contributed by atoms with Crippen LogP contribution >= 0.6 is 11.8 Å². The maximum atomic E-state index is 5.49. The fourth-order valence-corrected chi connectivity index (χ4v) is 3.06. The van der Waals surface area contributed by atoms with Gasteiger partial charge in [0.15, 0.2) is 11.0 Å². The van der Waals surface area contributed by atoms with Crippen molar-refractivity contribution in [2.75, 3.05) is 12.9 Å². The van der Waals surface area contributed by atoms with Crippen LogP contribution in [0.5, 0.6) is 5.75 Å². The van der Waals surface area contributed by atoms with Crippen LogP contribution < -0.4 is 4.74 Å². The van der Waals surface area contributed by atoms with Gasteiger partial charge in [-0.2, -0.15) is 0 Å². The number of furan rings is 1. The summed E-state index contributed by atoms with van der Waals surface area (Å²) in [6.45, 7) is 2.77. The number of rotatable bonds is 7. The van der Waals surface area contributed by atoms with E-state index < -0.39 is 0 Å². The zero-order valence-corrected chi connectivity index (χ0v) is 14.0. The van der Waals surface area contributed by atoms with Gasteiger partial charge in [-0.15, -0.1) is 10.2 Å². The Balaban J connectivity index is 1.99. The van der Waals surface area contributed by atoms with Gasteiger partial charge in [0.25, 0.3) is 0 Å². The SMILES string of the molecule is CCCSc1nnc(-c2cccc(OC)c2)n1Cc1ccco1. The number of aromatic nitrogens is 3. The Morgan fingerprint density at radius 1 is 1.22 bits per heavy atom. The molecule has 0 aliphatic rings. The van der Waals surface area contributed by atoms with Crippen LogP contribution in [0.1, 0.15) is 19.1 Å². The molecule has 23 heavy (non-hydrogen) atoms. The Morgan fingerprint density at radius 3 is 2.87 bits per heavy atom. The normalized spacial score (nSPS) is 10.9. The van der Waals surface area contributed by atoms with Crippen molar-refractivity contribution in [1.82, 2.24) is 14.8 Å². The summed E-state index contributed by atoms with van der Waals surface area (Å²) < 4.78 is 12.9. The molecule has 0 radical (unpaired) electrons. The van der Waals surface area contributed by atoms with E-state index in [0.717, 1.165) is 40.2 Å². The molecule has 0 spiro atoms. The molecule has 0 saturated heterocycles. The van der Waals surface area contributed by atoms with Gasteiger partial charge in [0.2, 0.25) is 0 Å². The highest BCUT2D eigenvalue weighted by atomic mass is 32.2. The van der Waals surface area contributed by atoms with Crippen LogP contribution in [0.4, 0.5) is 0 Å². The lowest BCUT2D eigenvalue weighted by atomic mass is 10.2. The molecule has 0 aliphatic heterocycles. The van der Waals surface area contributed by atoms with Crippen LogP contribution in [0.3, 0.4) is 0 Å². The molecule has 0 N–H and O–H groups in total. The highest BCUT2D eigenvalue weighted by molar-refractivity contribution is 7.99. The molecule has 3 aromatic rings. The molecule has 0 fully saturated rings. The predicted octanol–water partition coefficient (Wildman–Crippen LogP) is 4.10. The minimum Gasteiger partial charge on any atom is -0.497 e. The third kappa shape index (κ3) is 3.59. The molecular formula is C17H19N3O2S. The number of ether oxygens (including phenoxy) is 1. The minimum atomic E-state index is 0.610. The largest absolute Gasteiger partial charge is 0.497 e. The molecule has 0 atom stereocenters. The average Bonchev–Trinajstić information content (AvgIpc) is 3.23. The average molecular weight is 329 g/mol. The van der Waals surface area contributed by atoms with Crippen molar-refractivity contribution in [2.45, 2.75) is 25.0 Å². The van der Waals surface area contributed by atoms with Gasteiger partial charge >= 0.3 is 0 Å². The van der Waals surface area contributed by atoms with Crippen molar-refractivity contribution in [1.29, 1.82) is 0 Å². The van der Waals surface area contributed by atoms with Gasteiger partial charge in [-0.1, -0.05) is 30.8 Å². The van der Waals surface area contributed by atoms with Crippen LogP contribution in [0, 0.1) is 0 Å². The van der Waals surface area contributed by atoms with Crippen molar-refractivity contribution in [3.05, 3.63) is 48.4 Å². The minimum absolute atomic E-state index is 0.610. The van der Waals surface area contributed by atoms with Crippen LogP contribution in [0.15, 0.2) is 52.2 Å². The molecule has 0 unspecified atom stereocenters. The summed E-state index contributed by atoms with van der Waals surface area (Å²) in [6, 6.07) is 11.7. The fourth-order valence-electron chi connectivity index (χ4n) is 2.27. The molecule has 0 saturated carbocycles. The van der Waals surface area contributed by atoms with Crippen molar-refractivity contribution in [3.8, 4) is 17.1 Å². The molecular weight excluding hydrogens is 310 g/mol. The van der Waals surface area contributed by atoms with E-state index in [0.29, 0.717) is 6.54 Å². The second-order valence-corrected chi connectivity index (χ2v) is 6.11. The molecule has 120 valence electrons. The van der Waals surface area contributed by atoms with E-state index in [2.05, 4.69) is 21.7 Å². The van der Waals surface area contributed by atoms with Crippen molar-refractivity contribution in [2.24, 2.45) is 0 Å². The van der Waals surface area contributed by atoms with Gasteiger partial charge in [0.05, 0.1) is 19.9 Å². The predicted molar refractivity (Wildman–Crippen MR) is 90.8 cm³/mol. The van der Waals surface area contributed by atoms with Crippen molar-refractivity contribution in [3.63, 3.8) is 0 Å². The third-order valence-electron chi connectivity index (χ3n) is 3.37. The molecule has 0 aliphatic carbocycles. The fraction of sp³-hybridized carbons (Fsp3) is 0.294. The van der Waals surface area contributed by atoms with Crippen LogP contribution in [0.25, 0.3) is 11.4 Å². The molecule has 6 heteroatoms. The highest BCUT2D eigenvalue weighted by Gasteiger charge is 2.16. The summed E-state index contributed by atoms with van der Waals surface area (Å²) in [4.78, 5) is 0.